The number of pyridine rings is 3. The number of benzene rings is 12. The van der Waals surface area contributed by atoms with Crippen LogP contribution in [0.2, 0.25) is 0 Å². The molecule has 21 aromatic rings. The van der Waals surface area contributed by atoms with E-state index in [9.17, 15) is 0 Å². The Morgan fingerprint density at radius 3 is 0.825 bits per heavy atom. The summed E-state index contributed by atoms with van der Waals surface area (Å²) in [5, 5.41) is 15.6. The summed E-state index contributed by atoms with van der Waals surface area (Å²) >= 11 is 0. The van der Waals surface area contributed by atoms with Crippen LogP contribution < -0.4 is 0 Å². The van der Waals surface area contributed by atoms with Gasteiger partial charge in [0.05, 0.1) is 108 Å². The third-order valence-electron chi connectivity index (χ3n) is 33.4. The molecule has 12 fully saturated rings. The maximum Gasteiger partial charge on any atom is 0.139 e. The van der Waals surface area contributed by atoms with Gasteiger partial charge in [-0.1, -0.05) is 194 Å². The van der Waals surface area contributed by atoms with Gasteiger partial charge in [0.1, 0.15) is 11.6 Å². The first kappa shape index (κ1) is 72.2. The van der Waals surface area contributed by atoms with E-state index in [1.54, 1.807) is 16.7 Å². The molecule has 0 radical (unpaired) electrons. The summed E-state index contributed by atoms with van der Waals surface area (Å²) in [4.78, 5) is 15.0. The predicted octanol–water partition coefficient (Wildman–Crippen LogP) is 29.2. The van der Waals surface area contributed by atoms with Crippen LogP contribution in [-0.2, 0) is 16.2 Å². The normalized spacial score (nSPS) is 24.9. The van der Waals surface area contributed by atoms with E-state index in [0.717, 1.165) is 87.6 Å². The third kappa shape index (κ3) is 10.9. The monoisotopic (exact) mass is 1630 g/mol. The largest absolute Gasteiger partial charge is 0.309 e. The molecule has 12 aliphatic rings. The van der Waals surface area contributed by atoms with E-state index in [0.29, 0.717) is 16.2 Å². The molecule has 612 valence electrons. The molecule has 12 bridgehead atoms. The van der Waals surface area contributed by atoms with Crippen molar-refractivity contribution >= 4 is 131 Å². The first-order chi connectivity index (χ1) is 62.2. The van der Waals surface area contributed by atoms with E-state index in [1.807, 2.05) is 18.6 Å². The number of nitrogens with zero attached hydrogens (tertiary/aromatic N) is 9. The van der Waals surface area contributed by atoms with Crippen molar-refractivity contribution < 1.29 is 0 Å². The minimum absolute atomic E-state index is 0.368. The second-order valence-electron chi connectivity index (χ2n) is 40.6. The van der Waals surface area contributed by atoms with Crippen molar-refractivity contribution in [2.75, 3.05) is 0 Å². The average Bonchev–Trinajstić information content (AvgIpc) is 1.44. The van der Waals surface area contributed by atoms with E-state index in [-0.39, 0.29) is 0 Å². The summed E-state index contributed by atoms with van der Waals surface area (Å²) in [6.45, 7) is 0. The molecule has 9 heteroatoms. The first-order valence-electron chi connectivity index (χ1n) is 47.2. The fourth-order valence-electron chi connectivity index (χ4n) is 29.6. The summed E-state index contributed by atoms with van der Waals surface area (Å²) in [6, 6.07) is 112. The standard InChI is InChI=1S/3C39H33N3/c1-4-10-34-30(7-1)31-8-2-5-11-35(31)41(34)29-14-16-38(40-24-29)42-36-12-6-3-9-32(36)33-15-13-28(20-37(33)42)39-21-25-17-26(22-39)19-27(18-25)23-39;1-4-10-35-31(7-1)32-8-2-5-11-36(32)41(35)29-19-30(24-40-23-29)42-37-12-6-3-9-33(37)34-14-13-28(18-38(34)42)39-20-25-15-26(21-39)17-27(16-25)22-39;1-4-10-34-30(7-1)31-8-2-5-11-35(31)41(34)29-15-16-40-38(21-29)42-36-12-6-3-9-32(36)33-20-28(13-14-37(33)42)39-22-25-17-26(23-39)19-27(18-25)24-39/h1-16,20,24-27H,17-19,21-23H2;1-14,18-19,23-27H,15-17,20-22H2;1-16,20-21,25-27H,17-19,22-24H2. The van der Waals surface area contributed by atoms with Gasteiger partial charge in [-0.2, -0.15) is 0 Å². The van der Waals surface area contributed by atoms with Crippen molar-refractivity contribution in [1.82, 2.24) is 42.4 Å². The summed E-state index contributed by atoms with van der Waals surface area (Å²) in [5.41, 5.74) is 25.1. The molecule has 9 nitrogen and oxygen atoms in total. The van der Waals surface area contributed by atoms with Gasteiger partial charge in [-0.25, -0.2) is 9.97 Å². The second-order valence-corrected chi connectivity index (χ2v) is 40.6. The highest BCUT2D eigenvalue weighted by molar-refractivity contribution is 6.14. The van der Waals surface area contributed by atoms with Crippen molar-refractivity contribution in [2.24, 2.45) is 53.3 Å². The Morgan fingerprint density at radius 1 is 0.190 bits per heavy atom. The highest BCUT2D eigenvalue weighted by Gasteiger charge is 2.55. The smallest absolute Gasteiger partial charge is 0.139 e. The van der Waals surface area contributed by atoms with E-state index in [2.05, 4.69) is 337 Å². The van der Waals surface area contributed by atoms with Crippen LogP contribution in [0.15, 0.2) is 328 Å². The van der Waals surface area contributed by atoms with Crippen LogP contribution in [-0.4, -0.2) is 42.4 Å². The minimum atomic E-state index is 0.368. The summed E-state index contributed by atoms with van der Waals surface area (Å²) in [5.74, 6) is 10.4. The van der Waals surface area contributed by atoms with Crippen molar-refractivity contribution in [2.45, 2.75) is 132 Å². The van der Waals surface area contributed by atoms with Crippen LogP contribution in [0.5, 0.6) is 0 Å². The minimum Gasteiger partial charge on any atom is -0.309 e. The van der Waals surface area contributed by atoms with Gasteiger partial charge in [0.2, 0.25) is 0 Å². The molecule has 0 unspecified atom stereocenters. The van der Waals surface area contributed by atoms with Crippen LogP contribution in [0.4, 0.5) is 0 Å². The molecule has 126 heavy (non-hydrogen) atoms. The molecule has 9 heterocycles. The van der Waals surface area contributed by atoms with Crippen molar-refractivity contribution in [3.05, 3.63) is 345 Å². The molecule has 12 aromatic carbocycles. The molecule has 0 amide bonds. The molecule has 12 aliphatic carbocycles. The Hall–Kier alpha value is -13.1. The van der Waals surface area contributed by atoms with Gasteiger partial charge in [-0.05, 0) is 305 Å². The average molecular weight is 1630 g/mol. The fraction of sp³-hybridized carbons (Fsp3) is 0.256. The van der Waals surface area contributed by atoms with Gasteiger partial charge in [-0.15, -0.1) is 0 Å². The fourth-order valence-corrected chi connectivity index (χ4v) is 29.6. The van der Waals surface area contributed by atoms with Gasteiger partial charge in [0, 0.05) is 76.9 Å². The van der Waals surface area contributed by atoms with Crippen LogP contribution in [0.3, 0.4) is 0 Å². The molecule has 0 aliphatic heterocycles. The molecule has 0 atom stereocenters. The van der Waals surface area contributed by atoms with Gasteiger partial charge < -0.3 is 18.3 Å². The Morgan fingerprint density at radius 2 is 0.468 bits per heavy atom. The van der Waals surface area contributed by atoms with Crippen LogP contribution in [0, 0.1) is 53.3 Å². The van der Waals surface area contributed by atoms with Crippen LogP contribution in [0.1, 0.15) is 132 Å². The maximum atomic E-state index is 5.16. The van der Waals surface area contributed by atoms with Crippen LogP contribution >= 0.6 is 0 Å². The lowest BCUT2D eigenvalue weighted by Gasteiger charge is -2.57. The number of rotatable bonds is 9. The molecule has 0 spiro atoms. The van der Waals surface area contributed by atoms with Crippen molar-refractivity contribution in [3.8, 4) is 34.4 Å². The number of fused-ring (bicyclic) bond motifs is 18. The lowest BCUT2D eigenvalue weighted by Crippen LogP contribution is -2.48. The summed E-state index contributed by atoms with van der Waals surface area (Å²) in [6.07, 6.45) is 33.9. The number of hydrogen-bond donors (Lipinski definition) is 0. The lowest BCUT2D eigenvalue weighted by atomic mass is 9.48. The topological polar surface area (TPSA) is 68.2 Å². The Labute approximate surface area is 732 Å². The predicted molar refractivity (Wildman–Crippen MR) is 518 cm³/mol. The molecule has 12 saturated carbocycles. The van der Waals surface area contributed by atoms with E-state index >= 15 is 0 Å². The zero-order valence-corrected chi connectivity index (χ0v) is 71.1. The SMILES string of the molecule is c1ccc2c(c1)c1ccccc1n2-c1ccc(-n2c3ccccc3c3ccc(C45CC6CC(CC(C6)C4)C5)cc32)nc1.c1ccc2c(c1)c1ccccc1n2-c1ccnc(-n2c3ccccc3c3cc(C45CC6CC(CC(C6)C4)C5)ccc32)c1.c1ccc2c(c1)c1ccccc1n2-c1cncc(-n2c3ccccc3c3ccc(C45CC6CC(CC(C6)C4)C5)cc32)c1. The number of para-hydroxylation sites is 9. The maximum absolute atomic E-state index is 5.16. The van der Waals surface area contributed by atoms with E-state index in [4.69, 9.17) is 15.0 Å². The highest BCUT2D eigenvalue weighted by Crippen LogP contribution is 2.64. The molecule has 0 saturated heterocycles. The Balaban J connectivity index is 0.0000000961. The zero-order valence-electron chi connectivity index (χ0n) is 71.1. The van der Waals surface area contributed by atoms with E-state index in [1.165, 1.54) is 246 Å². The van der Waals surface area contributed by atoms with E-state index < -0.39 is 0 Å². The Kier molecular flexibility index (Phi) is 15.7. The second kappa shape index (κ2) is 27.4. The Bertz CT molecular complexity index is 7790. The van der Waals surface area contributed by atoms with Gasteiger partial charge >= 0.3 is 0 Å². The number of aromatic nitrogens is 9. The lowest BCUT2D eigenvalue weighted by molar-refractivity contribution is -0.00525. The van der Waals surface area contributed by atoms with Gasteiger partial charge in [0.15, 0.2) is 0 Å². The van der Waals surface area contributed by atoms with Gasteiger partial charge in [-0.3, -0.25) is 14.1 Å². The molecular weight excluding hydrogens is 1530 g/mol. The molecule has 33 rings (SSSR count). The van der Waals surface area contributed by atoms with Crippen molar-refractivity contribution in [1.29, 1.82) is 0 Å². The quantitative estimate of drug-likeness (QED) is 0.145. The first-order valence-corrected chi connectivity index (χ1v) is 47.2. The zero-order chi connectivity index (χ0) is 82.2. The third-order valence-corrected chi connectivity index (χ3v) is 33.4. The van der Waals surface area contributed by atoms with Crippen molar-refractivity contribution in [3.63, 3.8) is 0 Å². The van der Waals surface area contributed by atoms with Crippen LogP contribution in [0.25, 0.3) is 165 Å². The summed E-state index contributed by atoms with van der Waals surface area (Å²) in [7, 11) is 0. The van der Waals surface area contributed by atoms with Gasteiger partial charge in [0.25, 0.3) is 0 Å². The molecular formula is C117H99N9. The summed E-state index contributed by atoms with van der Waals surface area (Å²) < 4.78 is 14.4. The highest BCUT2D eigenvalue weighted by atomic mass is 15.1. The molecule has 9 aromatic heterocycles. The number of hydrogen-bond acceptors (Lipinski definition) is 3. The molecule has 0 N–H and O–H groups in total.